The van der Waals surface area contributed by atoms with Crippen molar-refractivity contribution in [3.05, 3.63) is 23.8 Å². The first-order chi connectivity index (χ1) is 13.5. The highest BCUT2D eigenvalue weighted by atomic mass is 16.7. The molecule has 9 heteroatoms. The highest BCUT2D eigenvalue weighted by Gasteiger charge is 2.48. The summed E-state index contributed by atoms with van der Waals surface area (Å²) in [6.07, 6.45) is 8.86. The van der Waals surface area contributed by atoms with E-state index in [9.17, 15) is 9.59 Å². The molecule has 3 amide bonds. The molecule has 1 saturated heterocycles. The van der Waals surface area contributed by atoms with Crippen LogP contribution in [0.25, 0.3) is 0 Å². The van der Waals surface area contributed by atoms with Gasteiger partial charge < -0.3 is 20.4 Å². The second-order valence-electron chi connectivity index (χ2n) is 7.92. The zero-order chi connectivity index (χ0) is 19.6. The minimum atomic E-state index is -0.580. The molecule has 2 fully saturated rings. The third-order valence-electron chi connectivity index (χ3n) is 5.65. The lowest BCUT2D eigenvalue weighted by molar-refractivity contribution is -0.115. The predicted molar refractivity (Wildman–Crippen MR) is 101 cm³/mol. The molecule has 150 valence electrons. The molecule has 1 spiro atoms. The summed E-state index contributed by atoms with van der Waals surface area (Å²) in [5.74, 6) is -0.270. The molecule has 2 N–H and O–H groups in total. The SMILES string of the molecule is Cc1cnc(CNC(=O)C2=NO[C@]3(CCN(C(=O)NC4CCCC4)C3)C2)cn1. The molecule has 0 radical (unpaired) electrons. The van der Waals surface area contributed by atoms with Crippen molar-refractivity contribution in [1.29, 1.82) is 0 Å². The quantitative estimate of drug-likeness (QED) is 0.810. The van der Waals surface area contributed by atoms with E-state index in [1.165, 1.54) is 12.8 Å². The van der Waals surface area contributed by atoms with Crippen molar-refractivity contribution >= 4 is 17.6 Å². The van der Waals surface area contributed by atoms with Crippen LogP contribution in [0.1, 0.15) is 49.9 Å². The third kappa shape index (κ3) is 4.07. The maximum absolute atomic E-state index is 12.5. The monoisotopic (exact) mass is 386 g/mol. The van der Waals surface area contributed by atoms with Crippen LogP contribution in [0.4, 0.5) is 4.79 Å². The second-order valence-corrected chi connectivity index (χ2v) is 7.92. The van der Waals surface area contributed by atoms with Crippen LogP contribution in [0.2, 0.25) is 0 Å². The van der Waals surface area contributed by atoms with Crippen molar-refractivity contribution in [2.75, 3.05) is 13.1 Å². The molecule has 0 unspecified atom stereocenters. The number of nitrogens with zero attached hydrogens (tertiary/aromatic N) is 4. The van der Waals surface area contributed by atoms with Gasteiger partial charge >= 0.3 is 6.03 Å². The number of urea groups is 1. The number of amides is 3. The number of hydrogen-bond donors (Lipinski definition) is 2. The van der Waals surface area contributed by atoms with Crippen LogP contribution < -0.4 is 10.6 Å². The van der Waals surface area contributed by atoms with Crippen molar-refractivity contribution in [3.8, 4) is 0 Å². The average molecular weight is 386 g/mol. The number of carbonyl (C=O) groups is 2. The van der Waals surface area contributed by atoms with Gasteiger partial charge in [0, 0.05) is 31.6 Å². The van der Waals surface area contributed by atoms with Crippen molar-refractivity contribution in [3.63, 3.8) is 0 Å². The van der Waals surface area contributed by atoms with E-state index in [-0.39, 0.29) is 24.5 Å². The van der Waals surface area contributed by atoms with Gasteiger partial charge in [-0.3, -0.25) is 14.8 Å². The number of oxime groups is 1. The normalized spacial score (nSPS) is 24.3. The highest BCUT2D eigenvalue weighted by molar-refractivity contribution is 6.39. The first-order valence-corrected chi connectivity index (χ1v) is 9.89. The van der Waals surface area contributed by atoms with Gasteiger partial charge in [-0.2, -0.15) is 0 Å². The van der Waals surface area contributed by atoms with Gasteiger partial charge in [0.25, 0.3) is 5.91 Å². The lowest BCUT2D eigenvalue weighted by Crippen LogP contribution is -2.45. The van der Waals surface area contributed by atoms with E-state index in [0.717, 1.165) is 18.5 Å². The summed E-state index contributed by atoms with van der Waals surface area (Å²) in [4.78, 5) is 40.7. The fourth-order valence-electron chi connectivity index (χ4n) is 4.00. The van der Waals surface area contributed by atoms with E-state index in [1.54, 1.807) is 17.3 Å². The molecular formula is C19H26N6O3. The molecule has 3 heterocycles. The number of likely N-dealkylation sites (tertiary alicyclic amines) is 1. The first kappa shape index (κ1) is 18.6. The van der Waals surface area contributed by atoms with Crippen LogP contribution in [0, 0.1) is 6.92 Å². The van der Waals surface area contributed by atoms with E-state index in [4.69, 9.17) is 4.84 Å². The van der Waals surface area contributed by atoms with Crippen LogP contribution in [0.15, 0.2) is 17.5 Å². The minimum Gasteiger partial charge on any atom is -0.386 e. The van der Waals surface area contributed by atoms with Crippen molar-refractivity contribution < 1.29 is 14.4 Å². The Morgan fingerprint density at radius 2 is 2.11 bits per heavy atom. The van der Waals surface area contributed by atoms with Gasteiger partial charge in [-0.05, 0) is 19.8 Å². The fraction of sp³-hybridized carbons (Fsp3) is 0.632. The predicted octanol–water partition coefficient (Wildman–Crippen LogP) is 1.27. The van der Waals surface area contributed by atoms with E-state index in [0.29, 0.717) is 37.3 Å². The van der Waals surface area contributed by atoms with E-state index in [1.807, 2.05) is 6.92 Å². The van der Waals surface area contributed by atoms with Gasteiger partial charge in [0.15, 0.2) is 5.60 Å². The molecule has 0 aromatic carbocycles. The molecule has 2 aliphatic heterocycles. The number of carbonyl (C=O) groups excluding carboxylic acids is 2. The smallest absolute Gasteiger partial charge is 0.317 e. The highest BCUT2D eigenvalue weighted by Crippen LogP contribution is 2.34. The van der Waals surface area contributed by atoms with E-state index >= 15 is 0 Å². The molecule has 9 nitrogen and oxygen atoms in total. The Balaban J connectivity index is 1.26. The van der Waals surface area contributed by atoms with Crippen LogP contribution in [0.3, 0.4) is 0 Å². The summed E-state index contributed by atoms with van der Waals surface area (Å²) >= 11 is 0. The standard InChI is InChI=1S/C19H26N6O3/c1-13-9-21-15(10-20-13)11-22-17(26)16-8-19(28-24-16)6-7-25(12-19)18(27)23-14-4-2-3-5-14/h9-10,14H,2-8,11-12H2,1H3,(H,22,26)(H,23,27)/t19-/m1/s1. The molecule has 1 aliphatic carbocycles. The Hall–Kier alpha value is -2.71. The molecule has 3 aliphatic rings. The summed E-state index contributed by atoms with van der Waals surface area (Å²) in [6.45, 7) is 3.21. The topological polar surface area (TPSA) is 109 Å². The molecule has 1 aromatic rings. The number of aromatic nitrogens is 2. The van der Waals surface area contributed by atoms with Crippen LogP contribution in [-0.2, 0) is 16.2 Å². The first-order valence-electron chi connectivity index (χ1n) is 9.89. The van der Waals surface area contributed by atoms with Crippen LogP contribution in [0.5, 0.6) is 0 Å². The van der Waals surface area contributed by atoms with Crippen LogP contribution >= 0.6 is 0 Å². The van der Waals surface area contributed by atoms with Gasteiger partial charge in [-0.1, -0.05) is 18.0 Å². The molecule has 1 saturated carbocycles. The average Bonchev–Trinajstić information content (AvgIpc) is 3.44. The number of aryl methyl sites for hydroxylation is 1. The molecule has 1 atom stereocenters. The zero-order valence-corrected chi connectivity index (χ0v) is 16.1. The van der Waals surface area contributed by atoms with Gasteiger partial charge in [0.1, 0.15) is 5.71 Å². The second kappa shape index (κ2) is 7.73. The van der Waals surface area contributed by atoms with E-state index < -0.39 is 5.60 Å². The summed E-state index contributed by atoms with van der Waals surface area (Å²) < 4.78 is 0. The number of hydrogen-bond acceptors (Lipinski definition) is 6. The molecule has 1 aromatic heterocycles. The lowest BCUT2D eigenvalue weighted by atomic mass is 9.96. The summed E-state index contributed by atoms with van der Waals surface area (Å²) in [5, 5.41) is 9.91. The Kier molecular flexibility index (Phi) is 5.15. The largest absolute Gasteiger partial charge is 0.386 e. The summed E-state index contributed by atoms with van der Waals surface area (Å²) in [6, 6.07) is 0.249. The third-order valence-corrected chi connectivity index (χ3v) is 5.65. The van der Waals surface area contributed by atoms with Gasteiger partial charge in [0.2, 0.25) is 0 Å². The fourth-order valence-corrected chi connectivity index (χ4v) is 4.00. The zero-order valence-electron chi connectivity index (χ0n) is 16.1. The maximum atomic E-state index is 12.5. The Morgan fingerprint density at radius 1 is 1.29 bits per heavy atom. The lowest BCUT2D eigenvalue weighted by Gasteiger charge is -2.23. The summed E-state index contributed by atoms with van der Waals surface area (Å²) in [7, 11) is 0. The Labute approximate surface area is 163 Å². The van der Waals surface area contributed by atoms with Gasteiger partial charge in [-0.15, -0.1) is 0 Å². The number of rotatable bonds is 4. The molecule has 4 rings (SSSR count). The van der Waals surface area contributed by atoms with E-state index in [2.05, 4.69) is 25.8 Å². The van der Waals surface area contributed by atoms with Crippen molar-refractivity contribution in [2.24, 2.45) is 5.16 Å². The van der Waals surface area contributed by atoms with Crippen molar-refractivity contribution in [2.45, 2.75) is 63.6 Å². The van der Waals surface area contributed by atoms with Gasteiger partial charge in [0.05, 0.1) is 30.7 Å². The Bertz CT molecular complexity index is 774. The molecule has 0 bridgehead atoms. The Morgan fingerprint density at radius 3 is 2.86 bits per heavy atom. The molecule has 28 heavy (non-hydrogen) atoms. The molecular weight excluding hydrogens is 360 g/mol. The number of nitrogens with one attached hydrogen (secondary N) is 2. The summed E-state index contributed by atoms with van der Waals surface area (Å²) in [5.41, 5.74) is 1.29. The minimum absolute atomic E-state index is 0.0387. The van der Waals surface area contributed by atoms with Crippen LogP contribution in [-0.4, -0.2) is 57.3 Å². The van der Waals surface area contributed by atoms with Gasteiger partial charge in [-0.25, -0.2) is 4.79 Å². The maximum Gasteiger partial charge on any atom is 0.317 e. The van der Waals surface area contributed by atoms with Crippen molar-refractivity contribution in [1.82, 2.24) is 25.5 Å².